The van der Waals surface area contributed by atoms with Crippen LogP contribution in [-0.2, 0) is 30.9 Å². The Morgan fingerprint density at radius 2 is 1.67 bits per heavy atom. The van der Waals surface area contributed by atoms with Gasteiger partial charge >= 0.3 is 21.7 Å². The molecule has 1 aliphatic carbocycles. The van der Waals surface area contributed by atoms with E-state index in [4.69, 9.17) is 18.9 Å². The van der Waals surface area contributed by atoms with Gasteiger partial charge in [0.1, 0.15) is 22.8 Å². The van der Waals surface area contributed by atoms with Gasteiger partial charge in [0.15, 0.2) is 0 Å². The molecule has 0 bridgehead atoms. The largest absolute Gasteiger partial charge is 0.534 e. The number of likely N-dealkylation sites (tertiary alicyclic amines) is 1. The third-order valence-corrected chi connectivity index (χ3v) is 8.90. The van der Waals surface area contributed by atoms with E-state index in [-0.39, 0.29) is 38.0 Å². The maximum atomic E-state index is 14.5. The van der Waals surface area contributed by atoms with E-state index in [1.807, 2.05) is 12.1 Å². The fourth-order valence-corrected chi connectivity index (χ4v) is 6.02. The van der Waals surface area contributed by atoms with Crippen molar-refractivity contribution in [2.75, 3.05) is 40.5 Å². The lowest BCUT2D eigenvalue weighted by Gasteiger charge is -2.40. The number of carbonyl (C=O) groups excluding carboxylic acids is 2. The van der Waals surface area contributed by atoms with Crippen LogP contribution < -0.4 is 13.7 Å². The van der Waals surface area contributed by atoms with Gasteiger partial charge in [-0.25, -0.2) is 4.79 Å². The molecule has 2 aliphatic rings. The van der Waals surface area contributed by atoms with Crippen molar-refractivity contribution >= 4 is 22.1 Å². The number of hydrogen-bond acceptors (Lipinski definition) is 9. The van der Waals surface area contributed by atoms with E-state index >= 15 is 0 Å². The fraction of sp³-hybridized carbons (Fsp3) is 0.576. The number of carbonyl (C=O) groups is 2. The summed E-state index contributed by atoms with van der Waals surface area (Å²) in [7, 11) is -2.76. The van der Waals surface area contributed by atoms with Gasteiger partial charge in [0.25, 0.3) is 0 Å². The maximum absolute atomic E-state index is 14.5. The van der Waals surface area contributed by atoms with Crippen molar-refractivity contribution in [2.24, 2.45) is 5.92 Å². The lowest BCUT2D eigenvalue weighted by molar-refractivity contribution is -0.139. The minimum absolute atomic E-state index is 0.0143. The van der Waals surface area contributed by atoms with Crippen molar-refractivity contribution < 1.29 is 54.3 Å². The van der Waals surface area contributed by atoms with Gasteiger partial charge in [0.05, 0.1) is 19.6 Å². The molecule has 0 aromatic heterocycles. The van der Waals surface area contributed by atoms with Crippen LogP contribution in [0.15, 0.2) is 42.5 Å². The number of ether oxygens (including phenoxy) is 4. The molecule has 0 radical (unpaired) electrons. The molecule has 48 heavy (non-hydrogen) atoms. The van der Waals surface area contributed by atoms with Crippen LogP contribution in [0.1, 0.15) is 63.5 Å². The van der Waals surface area contributed by atoms with Crippen LogP contribution in [-0.4, -0.2) is 87.9 Å². The van der Waals surface area contributed by atoms with Gasteiger partial charge in [-0.3, -0.25) is 4.79 Å². The molecule has 2 aromatic carbocycles. The molecule has 1 saturated carbocycles. The van der Waals surface area contributed by atoms with Crippen LogP contribution >= 0.6 is 0 Å². The van der Waals surface area contributed by atoms with Crippen molar-refractivity contribution in [2.45, 2.75) is 76.1 Å². The van der Waals surface area contributed by atoms with Crippen molar-refractivity contribution in [3.8, 4) is 17.2 Å². The van der Waals surface area contributed by atoms with E-state index in [1.165, 1.54) is 24.1 Å². The smallest absolute Gasteiger partial charge is 0.497 e. The minimum atomic E-state index is -5.91. The predicted molar refractivity (Wildman–Crippen MR) is 169 cm³/mol. The number of hydrogen-bond donors (Lipinski definition) is 0. The van der Waals surface area contributed by atoms with Crippen molar-refractivity contribution in [3.63, 3.8) is 0 Å². The Bertz CT molecular complexity index is 1540. The van der Waals surface area contributed by atoms with Gasteiger partial charge in [-0.15, -0.1) is 0 Å². The number of halogens is 3. The molecule has 0 unspecified atom stereocenters. The van der Waals surface area contributed by atoms with E-state index < -0.39 is 44.9 Å². The molecule has 2 aromatic rings. The first kappa shape index (κ1) is 37.1. The van der Waals surface area contributed by atoms with Gasteiger partial charge in [0, 0.05) is 51.9 Å². The third-order valence-electron chi connectivity index (χ3n) is 7.92. The number of nitrogens with zero attached hydrogens (tertiary/aromatic N) is 2. The monoisotopic (exact) mass is 700 g/mol. The topological polar surface area (TPSA) is 121 Å². The van der Waals surface area contributed by atoms with Gasteiger partial charge in [-0.05, 0) is 81.3 Å². The molecule has 1 aliphatic heterocycles. The Kier molecular flexibility index (Phi) is 11.8. The molecule has 0 N–H and O–H groups in total. The predicted octanol–water partition coefficient (Wildman–Crippen LogP) is 5.87. The summed E-state index contributed by atoms with van der Waals surface area (Å²) in [6, 6.07) is 10.6. The van der Waals surface area contributed by atoms with Gasteiger partial charge in [0.2, 0.25) is 5.91 Å². The Morgan fingerprint density at radius 3 is 2.29 bits per heavy atom. The molecular formula is C33H43F3N2O9S. The van der Waals surface area contributed by atoms with Crippen LogP contribution in [0.5, 0.6) is 17.2 Å². The van der Waals surface area contributed by atoms with Crippen molar-refractivity contribution in [1.82, 2.24) is 9.80 Å². The van der Waals surface area contributed by atoms with E-state index in [0.29, 0.717) is 36.7 Å². The zero-order valence-electron chi connectivity index (χ0n) is 27.7. The molecular weight excluding hydrogens is 657 g/mol. The molecule has 2 atom stereocenters. The van der Waals surface area contributed by atoms with Gasteiger partial charge < -0.3 is 32.9 Å². The number of amides is 2. The Balaban J connectivity index is 1.65. The standard InChI is InChI=1S/C33H43F3N2O9S/c1-32(2,3)46-31(40)37-13-12-28(23-8-6-9-25(18-23)47-48(41,42)33(34,35)36)29(21-37)30(39)38(24-10-11-24)20-22-16-26(44-5)19-27(17-22)45-15-7-14-43-4/h6,8-9,16-19,24,28-29H,7,10-15,20-21H2,1-5H3/t28-,29+/m1/s1. The number of piperidine rings is 1. The molecule has 0 spiro atoms. The molecule has 266 valence electrons. The van der Waals surface area contributed by atoms with Crippen molar-refractivity contribution in [1.29, 1.82) is 0 Å². The van der Waals surface area contributed by atoms with Crippen LogP contribution in [0, 0.1) is 5.92 Å². The summed E-state index contributed by atoms with van der Waals surface area (Å²) in [5.41, 5.74) is -5.21. The zero-order valence-corrected chi connectivity index (χ0v) is 28.6. The SMILES string of the molecule is COCCCOc1cc(CN(C(=O)[C@H]2CN(C(=O)OC(C)(C)C)CC[C@@H]2c2cccc(OS(=O)(=O)C(F)(F)F)c2)C2CC2)cc(OC)c1. The Morgan fingerprint density at radius 1 is 0.958 bits per heavy atom. The molecule has 11 nitrogen and oxygen atoms in total. The van der Waals surface area contributed by atoms with Gasteiger partial charge in [-0.2, -0.15) is 21.6 Å². The second-order valence-corrected chi connectivity index (χ2v) is 14.4. The summed E-state index contributed by atoms with van der Waals surface area (Å²) in [5.74, 6) is -1.05. The summed E-state index contributed by atoms with van der Waals surface area (Å²) in [5, 5.41) is 0. The normalized spacial score (nSPS) is 18.6. The molecule has 2 fully saturated rings. The lowest BCUT2D eigenvalue weighted by atomic mass is 9.79. The average molecular weight is 701 g/mol. The van der Waals surface area contributed by atoms with Crippen LogP contribution in [0.3, 0.4) is 0 Å². The first-order chi connectivity index (χ1) is 22.5. The van der Waals surface area contributed by atoms with E-state index in [0.717, 1.165) is 24.5 Å². The number of methoxy groups -OCH3 is 2. The van der Waals surface area contributed by atoms with E-state index in [1.54, 1.807) is 44.9 Å². The number of rotatable bonds is 13. The molecule has 2 amide bonds. The maximum Gasteiger partial charge on any atom is 0.534 e. The average Bonchev–Trinajstić information content (AvgIpc) is 3.85. The highest BCUT2D eigenvalue weighted by Crippen LogP contribution is 2.40. The lowest BCUT2D eigenvalue weighted by Crippen LogP contribution is -2.51. The molecule has 4 rings (SSSR count). The molecule has 15 heteroatoms. The highest BCUT2D eigenvalue weighted by molar-refractivity contribution is 7.88. The minimum Gasteiger partial charge on any atom is -0.497 e. The highest BCUT2D eigenvalue weighted by Gasteiger charge is 2.49. The number of alkyl halides is 3. The van der Waals surface area contributed by atoms with E-state index in [2.05, 4.69) is 4.18 Å². The molecule has 1 heterocycles. The summed E-state index contributed by atoms with van der Waals surface area (Å²) in [6.45, 7) is 6.58. The summed E-state index contributed by atoms with van der Waals surface area (Å²) >= 11 is 0. The second kappa shape index (κ2) is 15.2. The molecule has 1 saturated heterocycles. The quantitative estimate of drug-likeness (QED) is 0.144. The zero-order chi connectivity index (χ0) is 35.3. The summed E-state index contributed by atoms with van der Waals surface area (Å²) in [6.07, 6.45) is 1.92. The Labute approximate surface area is 279 Å². The third kappa shape index (κ3) is 9.91. The highest BCUT2D eigenvalue weighted by atomic mass is 32.2. The van der Waals surface area contributed by atoms with Crippen LogP contribution in [0.2, 0.25) is 0 Å². The summed E-state index contributed by atoms with van der Waals surface area (Å²) < 4.78 is 89.1. The van der Waals surface area contributed by atoms with Crippen molar-refractivity contribution in [3.05, 3.63) is 53.6 Å². The first-order valence-corrected chi connectivity index (χ1v) is 17.1. The Hall–Kier alpha value is -3.72. The van der Waals surface area contributed by atoms with Gasteiger partial charge in [-0.1, -0.05) is 12.1 Å². The first-order valence-electron chi connectivity index (χ1n) is 15.7. The van der Waals surface area contributed by atoms with E-state index in [9.17, 15) is 31.2 Å². The fourth-order valence-electron chi connectivity index (χ4n) is 5.56. The number of benzene rings is 2. The summed E-state index contributed by atoms with van der Waals surface area (Å²) in [4.78, 5) is 30.9. The van der Waals surface area contributed by atoms with Crippen LogP contribution in [0.25, 0.3) is 0 Å². The second-order valence-electron chi connectivity index (χ2n) is 12.9. The van der Waals surface area contributed by atoms with Crippen LogP contribution in [0.4, 0.5) is 18.0 Å².